The lowest BCUT2D eigenvalue weighted by molar-refractivity contribution is 0.106. The maximum absolute atomic E-state index is 9.98. The van der Waals surface area contributed by atoms with E-state index in [9.17, 15) is 10.2 Å². The van der Waals surface area contributed by atoms with E-state index in [4.69, 9.17) is 4.74 Å². The lowest BCUT2D eigenvalue weighted by Gasteiger charge is -2.12. The van der Waals surface area contributed by atoms with Gasteiger partial charge in [-0.1, -0.05) is 30.3 Å². The minimum atomic E-state index is -0.581. The van der Waals surface area contributed by atoms with E-state index >= 15 is 0 Å². The van der Waals surface area contributed by atoms with Gasteiger partial charge in [0, 0.05) is 29.7 Å². The summed E-state index contributed by atoms with van der Waals surface area (Å²) in [5, 5.41) is 23.6. The molecule has 1 aromatic heterocycles. The Morgan fingerprint density at radius 3 is 2.71 bits per heavy atom. The van der Waals surface area contributed by atoms with Gasteiger partial charge < -0.3 is 25.3 Å². The van der Waals surface area contributed by atoms with Gasteiger partial charge in [0.15, 0.2) is 0 Å². The van der Waals surface area contributed by atoms with Crippen LogP contribution in [0.4, 0.5) is 0 Å². The van der Waals surface area contributed by atoms with Crippen molar-refractivity contribution in [2.45, 2.75) is 19.3 Å². The Morgan fingerprint density at radius 1 is 1.08 bits per heavy atom. The second-order valence-corrected chi connectivity index (χ2v) is 5.74. The van der Waals surface area contributed by atoms with Crippen LogP contribution in [-0.2, 0) is 13.2 Å². The van der Waals surface area contributed by atoms with Gasteiger partial charge in [-0.2, -0.15) is 0 Å². The molecular formula is C19H22N2O3. The van der Waals surface area contributed by atoms with Crippen molar-refractivity contribution in [2.24, 2.45) is 0 Å². The number of aliphatic hydroxyl groups excluding tert-OH is 2. The molecule has 0 aliphatic carbocycles. The van der Waals surface area contributed by atoms with Gasteiger partial charge in [-0.05, 0) is 29.8 Å². The molecule has 1 unspecified atom stereocenters. The highest BCUT2D eigenvalue weighted by molar-refractivity contribution is 5.83. The van der Waals surface area contributed by atoms with E-state index in [1.54, 1.807) is 0 Å². The molecule has 0 bridgehead atoms. The molecule has 0 saturated heterocycles. The minimum Gasteiger partial charge on any atom is -0.491 e. The number of aromatic amines is 1. The van der Waals surface area contributed by atoms with Crippen molar-refractivity contribution in [2.75, 3.05) is 13.2 Å². The Labute approximate surface area is 140 Å². The Hall–Kier alpha value is -2.34. The molecule has 0 saturated carbocycles. The summed E-state index contributed by atoms with van der Waals surface area (Å²) in [6, 6.07) is 17.3. The Balaban J connectivity index is 1.47. The largest absolute Gasteiger partial charge is 0.491 e. The standard InChI is InChI=1S/C19H22N2O3/c22-12-14-5-4-8-19-18(14)9-15(21-19)10-20-11-16(23)13-24-17-6-2-1-3-7-17/h1-9,16,20-23H,10-13H2. The number of aliphatic hydroxyl groups is 2. The molecule has 1 heterocycles. The maximum Gasteiger partial charge on any atom is 0.119 e. The van der Waals surface area contributed by atoms with E-state index in [-0.39, 0.29) is 13.2 Å². The topological polar surface area (TPSA) is 77.5 Å². The van der Waals surface area contributed by atoms with Crippen LogP contribution >= 0.6 is 0 Å². The number of rotatable bonds is 8. The highest BCUT2D eigenvalue weighted by atomic mass is 16.5. The predicted molar refractivity (Wildman–Crippen MR) is 93.9 cm³/mol. The third-order valence-electron chi connectivity index (χ3n) is 3.86. The molecule has 3 aromatic rings. The molecule has 0 amide bonds. The van der Waals surface area contributed by atoms with Gasteiger partial charge in [0.05, 0.1) is 6.61 Å². The summed E-state index contributed by atoms with van der Waals surface area (Å²) in [5.41, 5.74) is 2.93. The number of hydrogen-bond donors (Lipinski definition) is 4. The van der Waals surface area contributed by atoms with Crippen LogP contribution in [0.5, 0.6) is 5.75 Å². The highest BCUT2D eigenvalue weighted by Gasteiger charge is 2.07. The molecule has 126 valence electrons. The van der Waals surface area contributed by atoms with Gasteiger partial charge in [0.1, 0.15) is 18.5 Å². The Kier molecular flexibility index (Phi) is 5.48. The van der Waals surface area contributed by atoms with Crippen molar-refractivity contribution in [3.63, 3.8) is 0 Å². The number of H-pyrrole nitrogens is 1. The SMILES string of the molecule is OCc1cccc2[nH]c(CNCC(O)COc3ccccc3)cc12. The van der Waals surface area contributed by atoms with Gasteiger partial charge in [-0.25, -0.2) is 0 Å². The summed E-state index contributed by atoms with van der Waals surface area (Å²) in [6.07, 6.45) is -0.581. The molecular weight excluding hydrogens is 304 g/mol. The van der Waals surface area contributed by atoms with Crippen molar-refractivity contribution in [1.29, 1.82) is 0 Å². The molecule has 0 fully saturated rings. The maximum atomic E-state index is 9.98. The van der Waals surface area contributed by atoms with Crippen LogP contribution in [-0.4, -0.2) is 34.5 Å². The Bertz CT molecular complexity index is 771. The molecule has 0 radical (unpaired) electrons. The summed E-state index contributed by atoms with van der Waals surface area (Å²) in [5.74, 6) is 0.753. The first-order valence-corrected chi connectivity index (χ1v) is 8.03. The van der Waals surface area contributed by atoms with E-state index < -0.39 is 6.10 Å². The molecule has 24 heavy (non-hydrogen) atoms. The van der Waals surface area contributed by atoms with Crippen molar-refractivity contribution in [3.8, 4) is 5.75 Å². The van der Waals surface area contributed by atoms with Crippen molar-refractivity contribution in [3.05, 3.63) is 65.9 Å². The third kappa shape index (κ3) is 4.14. The van der Waals surface area contributed by atoms with Gasteiger partial charge >= 0.3 is 0 Å². The molecule has 3 rings (SSSR count). The number of fused-ring (bicyclic) bond motifs is 1. The molecule has 5 nitrogen and oxygen atoms in total. The molecule has 0 spiro atoms. The minimum absolute atomic E-state index is 0.0254. The first kappa shape index (κ1) is 16.5. The lowest BCUT2D eigenvalue weighted by atomic mass is 10.1. The zero-order valence-corrected chi connectivity index (χ0v) is 13.4. The molecule has 0 aliphatic rings. The second kappa shape index (κ2) is 7.97. The molecule has 5 heteroatoms. The average molecular weight is 326 g/mol. The quantitative estimate of drug-likeness (QED) is 0.512. The van der Waals surface area contributed by atoms with E-state index in [0.717, 1.165) is 27.9 Å². The van der Waals surface area contributed by atoms with Gasteiger partial charge in [-0.15, -0.1) is 0 Å². The zero-order chi connectivity index (χ0) is 16.8. The van der Waals surface area contributed by atoms with Gasteiger partial charge in [0.25, 0.3) is 0 Å². The number of nitrogens with one attached hydrogen (secondary N) is 2. The number of ether oxygens (including phenoxy) is 1. The molecule has 1 atom stereocenters. The fourth-order valence-electron chi connectivity index (χ4n) is 2.65. The number of aromatic nitrogens is 1. The molecule has 4 N–H and O–H groups in total. The highest BCUT2D eigenvalue weighted by Crippen LogP contribution is 2.20. The number of hydrogen-bond acceptors (Lipinski definition) is 4. The van der Waals surface area contributed by atoms with Gasteiger partial charge in [0.2, 0.25) is 0 Å². The number of benzene rings is 2. The fourth-order valence-corrected chi connectivity index (χ4v) is 2.65. The lowest BCUT2D eigenvalue weighted by Crippen LogP contribution is -2.31. The summed E-state index contributed by atoms with van der Waals surface area (Å²) < 4.78 is 5.52. The van der Waals surface area contributed by atoms with Crippen molar-refractivity contribution in [1.82, 2.24) is 10.3 Å². The first-order chi connectivity index (χ1) is 11.8. The molecule has 2 aromatic carbocycles. The van der Waals surface area contributed by atoms with Crippen LogP contribution < -0.4 is 10.1 Å². The van der Waals surface area contributed by atoms with Crippen LogP contribution in [0.15, 0.2) is 54.6 Å². The smallest absolute Gasteiger partial charge is 0.119 e. The fraction of sp³-hybridized carbons (Fsp3) is 0.263. The Morgan fingerprint density at radius 2 is 1.92 bits per heavy atom. The summed E-state index contributed by atoms with van der Waals surface area (Å²) in [6.45, 7) is 1.33. The van der Waals surface area contributed by atoms with Crippen LogP contribution in [0.25, 0.3) is 10.9 Å². The summed E-state index contributed by atoms with van der Waals surface area (Å²) >= 11 is 0. The van der Waals surface area contributed by atoms with Crippen LogP contribution in [0, 0.1) is 0 Å². The van der Waals surface area contributed by atoms with Gasteiger partial charge in [-0.3, -0.25) is 0 Å². The second-order valence-electron chi connectivity index (χ2n) is 5.74. The van der Waals surface area contributed by atoms with Crippen LogP contribution in [0.3, 0.4) is 0 Å². The number of para-hydroxylation sites is 1. The van der Waals surface area contributed by atoms with E-state index in [2.05, 4.69) is 10.3 Å². The van der Waals surface area contributed by atoms with Crippen LogP contribution in [0.2, 0.25) is 0 Å². The normalized spacial score (nSPS) is 12.4. The zero-order valence-electron chi connectivity index (χ0n) is 13.4. The summed E-state index contributed by atoms with van der Waals surface area (Å²) in [4.78, 5) is 3.32. The van der Waals surface area contributed by atoms with Crippen LogP contribution in [0.1, 0.15) is 11.3 Å². The van der Waals surface area contributed by atoms with Crippen molar-refractivity contribution < 1.29 is 14.9 Å². The average Bonchev–Trinajstić information content (AvgIpc) is 3.03. The predicted octanol–water partition coefficient (Wildman–Crippen LogP) is 2.19. The van der Waals surface area contributed by atoms with E-state index in [0.29, 0.717) is 13.1 Å². The summed E-state index contributed by atoms with van der Waals surface area (Å²) in [7, 11) is 0. The monoisotopic (exact) mass is 326 g/mol. The van der Waals surface area contributed by atoms with E-state index in [1.807, 2.05) is 54.6 Å². The van der Waals surface area contributed by atoms with Crippen molar-refractivity contribution >= 4 is 10.9 Å². The third-order valence-corrected chi connectivity index (χ3v) is 3.86. The molecule has 0 aliphatic heterocycles. The first-order valence-electron chi connectivity index (χ1n) is 8.03. The van der Waals surface area contributed by atoms with E-state index in [1.165, 1.54) is 0 Å².